The van der Waals surface area contributed by atoms with Crippen LogP contribution in [0.4, 0.5) is 11.4 Å². The predicted molar refractivity (Wildman–Crippen MR) is 134 cm³/mol. The number of fused-ring (bicyclic) bond motifs is 3. The fourth-order valence-electron chi connectivity index (χ4n) is 3.90. The van der Waals surface area contributed by atoms with Crippen molar-refractivity contribution < 1.29 is 14.3 Å². The van der Waals surface area contributed by atoms with E-state index in [0.717, 1.165) is 42.7 Å². The number of aryl methyl sites for hydroxylation is 1. The lowest BCUT2D eigenvalue weighted by Gasteiger charge is -2.31. The molecule has 0 bridgehead atoms. The van der Waals surface area contributed by atoms with E-state index in [1.807, 2.05) is 60.4 Å². The number of pyridine rings is 1. The number of carbonyl (C=O) groups excluding carboxylic acids is 1. The standard InChI is InChI=1S/C26H22N2O3S2/c1-16-12-17-13-21(30-2)22(31-3)14-18(17)27-26(16)32-15-25(29)28-19-8-4-6-10-23(19)33-24-11-7-5-9-20(24)28/h4-14H,15H2,1-3H3. The van der Waals surface area contributed by atoms with Gasteiger partial charge < -0.3 is 9.47 Å². The van der Waals surface area contributed by atoms with Gasteiger partial charge in [-0.2, -0.15) is 0 Å². The van der Waals surface area contributed by atoms with E-state index >= 15 is 0 Å². The van der Waals surface area contributed by atoms with Crippen LogP contribution in [0.3, 0.4) is 0 Å². The average molecular weight is 475 g/mol. The molecule has 7 heteroatoms. The van der Waals surface area contributed by atoms with Crippen molar-refractivity contribution in [3.8, 4) is 11.5 Å². The molecule has 0 radical (unpaired) electrons. The fraction of sp³-hybridized carbons (Fsp3) is 0.154. The van der Waals surface area contributed by atoms with E-state index in [0.29, 0.717) is 11.5 Å². The van der Waals surface area contributed by atoms with Gasteiger partial charge in [0, 0.05) is 21.2 Å². The van der Waals surface area contributed by atoms with Gasteiger partial charge in [0.05, 0.1) is 36.9 Å². The van der Waals surface area contributed by atoms with Crippen LogP contribution in [0.25, 0.3) is 10.9 Å². The molecule has 0 saturated carbocycles. The molecular formula is C26H22N2O3S2. The minimum Gasteiger partial charge on any atom is -0.493 e. The third-order valence-corrected chi connectivity index (χ3v) is 7.69. The Morgan fingerprint density at radius 1 is 0.939 bits per heavy atom. The normalized spacial score (nSPS) is 12.3. The summed E-state index contributed by atoms with van der Waals surface area (Å²) >= 11 is 3.15. The van der Waals surface area contributed by atoms with Gasteiger partial charge in [-0.3, -0.25) is 9.69 Å². The molecule has 33 heavy (non-hydrogen) atoms. The molecule has 5 nitrogen and oxygen atoms in total. The van der Waals surface area contributed by atoms with Gasteiger partial charge in [0.1, 0.15) is 5.03 Å². The Hall–Kier alpha value is -3.16. The second kappa shape index (κ2) is 9.00. The third-order valence-electron chi connectivity index (χ3n) is 5.48. The Bertz CT molecular complexity index is 1330. The van der Waals surface area contributed by atoms with Crippen LogP contribution in [-0.2, 0) is 4.79 Å². The topological polar surface area (TPSA) is 51.7 Å². The van der Waals surface area contributed by atoms with E-state index in [-0.39, 0.29) is 11.7 Å². The number of methoxy groups -OCH3 is 2. The van der Waals surface area contributed by atoms with Crippen molar-refractivity contribution in [2.75, 3.05) is 24.9 Å². The van der Waals surface area contributed by atoms with Crippen LogP contribution in [0.2, 0.25) is 0 Å². The summed E-state index contributed by atoms with van der Waals surface area (Å²) in [7, 11) is 3.23. The number of ether oxygens (including phenoxy) is 2. The quantitative estimate of drug-likeness (QED) is 0.309. The van der Waals surface area contributed by atoms with Crippen molar-refractivity contribution in [1.29, 1.82) is 0 Å². The number of thioether (sulfide) groups is 1. The van der Waals surface area contributed by atoms with Gasteiger partial charge in [-0.15, -0.1) is 0 Å². The Kier molecular flexibility index (Phi) is 5.91. The van der Waals surface area contributed by atoms with Gasteiger partial charge in [0.2, 0.25) is 5.91 Å². The zero-order valence-electron chi connectivity index (χ0n) is 18.5. The highest BCUT2D eigenvalue weighted by atomic mass is 32.2. The van der Waals surface area contributed by atoms with Crippen molar-refractivity contribution in [2.45, 2.75) is 21.7 Å². The van der Waals surface area contributed by atoms with Crippen molar-refractivity contribution in [2.24, 2.45) is 0 Å². The summed E-state index contributed by atoms with van der Waals surface area (Å²) in [6.07, 6.45) is 0. The number of hydrogen-bond acceptors (Lipinski definition) is 6. The smallest absolute Gasteiger partial charge is 0.242 e. The number of benzene rings is 3. The molecule has 1 aliphatic rings. The monoisotopic (exact) mass is 474 g/mol. The van der Waals surface area contributed by atoms with Gasteiger partial charge in [-0.1, -0.05) is 47.8 Å². The highest BCUT2D eigenvalue weighted by Crippen LogP contribution is 2.48. The van der Waals surface area contributed by atoms with Crippen LogP contribution in [0, 0.1) is 6.92 Å². The van der Waals surface area contributed by atoms with Gasteiger partial charge >= 0.3 is 0 Å². The highest BCUT2D eigenvalue weighted by Gasteiger charge is 2.28. The zero-order chi connectivity index (χ0) is 22.9. The summed E-state index contributed by atoms with van der Waals surface area (Å²) in [6, 6.07) is 21.9. The number of amides is 1. The van der Waals surface area contributed by atoms with Crippen molar-refractivity contribution in [3.63, 3.8) is 0 Å². The minimum absolute atomic E-state index is 0.0220. The maximum atomic E-state index is 13.5. The summed E-state index contributed by atoms with van der Waals surface area (Å²) in [5, 5.41) is 1.80. The van der Waals surface area contributed by atoms with Crippen LogP contribution < -0.4 is 14.4 Å². The van der Waals surface area contributed by atoms with Crippen LogP contribution in [0.1, 0.15) is 5.56 Å². The molecular weight excluding hydrogens is 452 g/mol. The third kappa shape index (κ3) is 4.03. The molecule has 1 amide bonds. The van der Waals surface area contributed by atoms with E-state index in [1.54, 1.807) is 26.0 Å². The van der Waals surface area contributed by atoms with E-state index in [4.69, 9.17) is 14.5 Å². The molecule has 2 heterocycles. The number of carbonyl (C=O) groups is 1. The molecule has 0 spiro atoms. The minimum atomic E-state index is 0.0220. The number of aromatic nitrogens is 1. The number of anilines is 2. The Balaban J connectivity index is 1.44. The molecule has 5 rings (SSSR count). The second-order valence-corrected chi connectivity index (χ2v) is 9.61. The maximum absolute atomic E-state index is 13.5. The second-order valence-electron chi connectivity index (χ2n) is 7.57. The largest absolute Gasteiger partial charge is 0.493 e. The molecule has 0 unspecified atom stereocenters. The molecule has 166 valence electrons. The molecule has 4 aromatic rings. The molecule has 0 saturated heterocycles. The van der Waals surface area contributed by atoms with E-state index < -0.39 is 0 Å². The Labute approximate surface area is 201 Å². The summed E-state index contributed by atoms with van der Waals surface area (Å²) in [6.45, 7) is 2.01. The number of para-hydroxylation sites is 2. The van der Waals surface area contributed by atoms with Gasteiger partial charge in [-0.25, -0.2) is 4.98 Å². The molecule has 0 aliphatic carbocycles. The first-order valence-electron chi connectivity index (χ1n) is 10.4. The first kappa shape index (κ1) is 21.7. The maximum Gasteiger partial charge on any atom is 0.242 e. The lowest BCUT2D eigenvalue weighted by Crippen LogP contribution is -2.30. The predicted octanol–water partition coefficient (Wildman–Crippen LogP) is 6.48. The van der Waals surface area contributed by atoms with Crippen molar-refractivity contribution in [1.82, 2.24) is 4.98 Å². The van der Waals surface area contributed by atoms with Gasteiger partial charge in [-0.05, 0) is 48.9 Å². The van der Waals surface area contributed by atoms with Crippen LogP contribution >= 0.6 is 23.5 Å². The number of nitrogens with zero attached hydrogens (tertiary/aromatic N) is 2. The Morgan fingerprint density at radius 3 is 2.18 bits per heavy atom. The Morgan fingerprint density at radius 2 is 1.55 bits per heavy atom. The molecule has 1 aliphatic heterocycles. The lowest BCUT2D eigenvalue weighted by atomic mass is 10.1. The summed E-state index contributed by atoms with van der Waals surface area (Å²) < 4.78 is 10.8. The van der Waals surface area contributed by atoms with E-state index in [9.17, 15) is 4.79 Å². The zero-order valence-corrected chi connectivity index (χ0v) is 20.1. The van der Waals surface area contributed by atoms with Gasteiger partial charge in [0.25, 0.3) is 0 Å². The van der Waals surface area contributed by atoms with Gasteiger partial charge in [0.15, 0.2) is 11.5 Å². The van der Waals surface area contributed by atoms with Crippen molar-refractivity contribution >= 4 is 51.7 Å². The summed E-state index contributed by atoms with van der Waals surface area (Å²) in [5.41, 5.74) is 3.67. The first-order valence-corrected chi connectivity index (χ1v) is 12.2. The average Bonchev–Trinajstić information content (AvgIpc) is 2.84. The lowest BCUT2D eigenvalue weighted by molar-refractivity contribution is -0.115. The van der Waals surface area contributed by atoms with Crippen LogP contribution in [0.15, 0.2) is 81.5 Å². The highest BCUT2D eigenvalue weighted by molar-refractivity contribution is 8.00. The fourth-order valence-corrected chi connectivity index (χ4v) is 5.80. The van der Waals surface area contributed by atoms with Crippen molar-refractivity contribution in [3.05, 3.63) is 72.3 Å². The van der Waals surface area contributed by atoms with E-state index in [2.05, 4.69) is 18.2 Å². The number of hydrogen-bond donors (Lipinski definition) is 0. The first-order chi connectivity index (χ1) is 16.1. The SMILES string of the molecule is COc1cc2cc(C)c(SCC(=O)N3c4ccccc4Sc4ccccc43)nc2cc1OC. The molecule has 0 atom stereocenters. The van der Waals surface area contributed by atoms with E-state index in [1.165, 1.54) is 11.8 Å². The molecule has 0 fully saturated rings. The summed E-state index contributed by atoms with van der Waals surface area (Å²) in [5.74, 6) is 1.60. The van der Waals surface area contributed by atoms with Crippen LogP contribution in [-0.4, -0.2) is 30.9 Å². The molecule has 0 N–H and O–H groups in total. The van der Waals surface area contributed by atoms with Crippen LogP contribution in [0.5, 0.6) is 11.5 Å². The molecule has 1 aromatic heterocycles. The number of rotatable bonds is 5. The summed E-state index contributed by atoms with van der Waals surface area (Å²) in [4.78, 5) is 22.3. The molecule has 3 aromatic carbocycles.